The van der Waals surface area contributed by atoms with Gasteiger partial charge in [-0.05, 0) is 36.4 Å². The number of hydrogen-bond acceptors (Lipinski definition) is 4. The normalized spacial score (nSPS) is 11.3. The van der Waals surface area contributed by atoms with Crippen LogP contribution in [0.25, 0.3) is 21.9 Å². The van der Waals surface area contributed by atoms with E-state index in [1.165, 1.54) is 0 Å². The summed E-state index contributed by atoms with van der Waals surface area (Å²) >= 11 is 7.72. The highest BCUT2D eigenvalue weighted by molar-refractivity contribution is 7.09. The molecule has 0 aliphatic carbocycles. The SMILES string of the molecule is Clc1ccc2oc3ccc(NCc4nccs4)cc3c2c1. The van der Waals surface area contributed by atoms with Crippen molar-refractivity contribution in [1.82, 2.24) is 4.98 Å². The number of furan rings is 1. The molecule has 4 aromatic rings. The molecule has 0 aliphatic rings. The van der Waals surface area contributed by atoms with Gasteiger partial charge in [0.25, 0.3) is 0 Å². The second kappa shape index (κ2) is 5.06. The van der Waals surface area contributed by atoms with Crippen molar-refractivity contribution in [3.63, 3.8) is 0 Å². The highest BCUT2D eigenvalue weighted by atomic mass is 35.5. The quantitative estimate of drug-likeness (QED) is 0.557. The van der Waals surface area contributed by atoms with Crippen LogP contribution in [0.1, 0.15) is 5.01 Å². The van der Waals surface area contributed by atoms with Crippen LogP contribution in [0, 0.1) is 0 Å². The Hall–Kier alpha value is -2.04. The minimum absolute atomic E-state index is 0.714. The van der Waals surface area contributed by atoms with Crippen molar-refractivity contribution in [2.24, 2.45) is 0 Å². The molecular weight excluding hydrogens is 304 g/mol. The summed E-state index contributed by atoms with van der Waals surface area (Å²) in [7, 11) is 0. The molecule has 2 aromatic heterocycles. The lowest BCUT2D eigenvalue weighted by Gasteiger charge is -2.03. The second-order valence-electron chi connectivity index (χ2n) is 4.73. The Morgan fingerprint density at radius 1 is 1.10 bits per heavy atom. The third kappa shape index (κ3) is 2.37. The molecule has 0 bridgehead atoms. The predicted octanol–water partition coefficient (Wildman–Crippen LogP) is 5.31. The maximum absolute atomic E-state index is 6.08. The molecule has 3 nitrogen and oxygen atoms in total. The van der Waals surface area contributed by atoms with E-state index < -0.39 is 0 Å². The second-order valence-corrected chi connectivity index (χ2v) is 6.15. The molecule has 0 radical (unpaired) electrons. The summed E-state index contributed by atoms with van der Waals surface area (Å²) in [6.07, 6.45) is 1.82. The van der Waals surface area contributed by atoms with Gasteiger partial charge < -0.3 is 9.73 Å². The minimum atomic E-state index is 0.714. The van der Waals surface area contributed by atoms with Gasteiger partial charge >= 0.3 is 0 Å². The standard InChI is InChI=1S/C16H11ClN2OS/c17-10-1-3-14-12(7-10)13-8-11(2-4-15(13)20-14)19-9-16-18-5-6-21-16/h1-8,19H,9H2. The van der Waals surface area contributed by atoms with Gasteiger partial charge in [-0.25, -0.2) is 4.98 Å². The summed E-state index contributed by atoms with van der Waals surface area (Å²) in [4.78, 5) is 4.27. The minimum Gasteiger partial charge on any atom is -0.456 e. The third-order valence-corrected chi connectivity index (χ3v) is 4.37. The first-order valence-electron chi connectivity index (χ1n) is 6.54. The van der Waals surface area contributed by atoms with Gasteiger partial charge in [-0.1, -0.05) is 11.6 Å². The number of thiazole rings is 1. The summed E-state index contributed by atoms with van der Waals surface area (Å²) in [6.45, 7) is 0.722. The van der Waals surface area contributed by atoms with Gasteiger partial charge in [0.2, 0.25) is 0 Å². The molecule has 0 unspecified atom stereocenters. The van der Waals surface area contributed by atoms with Gasteiger partial charge in [-0.3, -0.25) is 0 Å². The number of benzene rings is 2. The number of rotatable bonds is 3. The summed E-state index contributed by atoms with van der Waals surface area (Å²) in [5.74, 6) is 0. The fourth-order valence-electron chi connectivity index (χ4n) is 2.38. The van der Waals surface area contributed by atoms with Crippen molar-refractivity contribution in [3.05, 3.63) is 58.0 Å². The van der Waals surface area contributed by atoms with E-state index in [0.29, 0.717) is 5.02 Å². The van der Waals surface area contributed by atoms with Crippen LogP contribution in [0.15, 0.2) is 52.4 Å². The van der Waals surface area contributed by atoms with Gasteiger partial charge in [0.15, 0.2) is 0 Å². The first-order valence-corrected chi connectivity index (χ1v) is 7.79. The molecule has 0 atom stereocenters. The molecular formula is C16H11ClN2OS. The van der Waals surface area contributed by atoms with E-state index in [0.717, 1.165) is 39.2 Å². The number of aromatic nitrogens is 1. The average molecular weight is 315 g/mol. The van der Waals surface area contributed by atoms with Crippen molar-refractivity contribution in [3.8, 4) is 0 Å². The van der Waals surface area contributed by atoms with Crippen LogP contribution in [0.4, 0.5) is 5.69 Å². The monoisotopic (exact) mass is 314 g/mol. The molecule has 1 N–H and O–H groups in total. The van der Waals surface area contributed by atoms with Gasteiger partial charge in [0.1, 0.15) is 16.2 Å². The van der Waals surface area contributed by atoms with Crippen LogP contribution >= 0.6 is 22.9 Å². The van der Waals surface area contributed by atoms with Crippen LogP contribution in [0.5, 0.6) is 0 Å². The maximum Gasteiger partial charge on any atom is 0.135 e. The van der Waals surface area contributed by atoms with Crippen molar-refractivity contribution < 1.29 is 4.42 Å². The molecule has 0 spiro atoms. The largest absolute Gasteiger partial charge is 0.456 e. The Morgan fingerprint density at radius 2 is 1.90 bits per heavy atom. The summed E-state index contributed by atoms with van der Waals surface area (Å²) in [5.41, 5.74) is 2.76. The fraction of sp³-hybridized carbons (Fsp3) is 0.0625. The van der Waals surface area contributed by atoms with Gasteiger partial charge in [-0.2, -0.15) is 0 Å². The van der Waals surface area contributed by atoms with Gasteiger partial charge in [0, 0.05) is 33.1 Å². The number of nitrogens with zero attached hydrogens (tertiary/aromatic N) is 1. The number of fused-ring (bicyclic) bond motifs is 3. The van der Waals surface area contributed by atoms with Crippen molar-refractivity contribution in [2.45, 2.75) is 6.54 Å². The Kier molecular flexibility index (Phi) is 3.05. The lowest BCUT2D eigenvalue weighted by Crippen LogP contribution is -1.98. The lowest BCUT2D eigenvalue weighted by atomic mass is 10.1. The average Bonchev–Trinajstić information content (AvgIpc) is 3.12. The zero-order valence-corrected chi connectivity index (χ0v) is 12.5. The molecule has 4 rings (SSSR count). The van der Waals surface area contributed by atoms with E-state index >= 15 is 0 Å². The van der Waals surface area contributed by atoms with Crippen LogP contribution in [0.3, 0.4) is 0 Å². The zero-order valence-electron chi connectivity index (χ0n) is 11.0. The number of nitrogens with one attached hydrogen (secondary N) is 1. The van der Waals surface area contributed by atoms with E-state index in [1.54, 1.807) is 11.3 Å². The number of halogens is 1. The molecule has 5 heteroatoms. The molecule has 2 aromatic carbocycles. The molecule has 0 saturated heterocycles. The maximum atomic E-state index is 6.08. The topological polar surface area (TPSA) is 38.1 Å². The van der Waals surface area contributed by atoms with E-state index in [9.17, 15) is 0 Å². The first kappa shape index (κ1) is 12.7. The highest BCUT2D eigenvalue weighted by Crippen LogP contribution is 2.32. The van der Waals surface area contributed by atoms with Gasteiger partial charge in [0.05, 0.1) is 6.54 Å². The fourth-order valence-corrected chi connectivity index (χ4v) is 3.11. The molecule has 104 valence electrons. The molecule has 0 amide bonds. The molecule has 2 heterocycles. The first-order chi connectivity index (χ1) is 10.3. The molecule has 21 heavy (non-hydrogen) atoms. The van der Waals surface area contributed by atoms with E-state index in [1.807, 2.05) is 41.9 Å². The molecule has 0 aliphatic heterocycles. The van der Waals surface area contributed by atoms with Crippen molar-refractivity contribution >= 4 is 50.6 Å². The number of hydrogen-bond donors (Lipinski definition) is 1. The lowest BCUT2D eigenvalue weighted by molar-refractivity contribution is 0.669. The zero-order chi connectivity index (χ0) is 14.2. The summed E-state index contributed by atoms with van der Waals surface area (Å²) in [6, 6.07) is 11.8. The number of anilines is 1. The van der Waals surface area contributed by atoms with Crippen molar-refractivity contribution in [2.75, 3.05) is 5.32 Å². The molecule has 0 fully saturated rings. The van der Waals surface area contributed by atoms with Crippen LogP contribution in [-0.2, 0) is 6.54 Å². The van der Waals surface area contributed by atoms with E-state index in [4.69, 9.17) is 16.0 Å². The Morgan fingerprint density at radius 3 is 2.71 bits per heavy atom. The smallest absolute Gasteiger partial charge is 0.135 e. The van der Waals surface area contributed by atoms with E-state index in [-0.39, 0.29) is 0 Å². The Labute approximate surface area is 130 Å². The summed E-state index contributed by atoms with van der Waals surface area (Å²) < 4.78 is 5.82. The van der Waals surface area contributed by atoms with Gasteiger partial charge in [-0.15, -0.1) is 11.3 Å². The third-order valence-electron chi connectivity index (χ3n) is 3.36. The predicted molar refractivity (Wildman–Crippen MR) is 88.2 cm³/mol. The van der Waals surface area contributed by atoms with Crippen LogP contribution in [-0.4, -0.2) is 4.98 Å². The van der Waals surface area contributed by atoms with Crippen LogP contribution < -0.4 is 5.32 Å². The van der Waals surface area contributed by atoms with Crippen molar-refractivity contribution in [1.29, 1.82) is 0 Å². The van der Waals surface area contributed by atoms with E-state index in [2.05, 4.69) is 16.4 Å². The summed E-state index contributed by atoms with van der Waals surface area (Å²) in [5, 5.41) is 9.24. The molecule has 0 saturated carbocycles. The van der Waals surface area contributed by atoms with Crippen LogP contribution in [0.2, 0.25) is 5.02 Å². The Bertz CT molecular complexity index is 915. The Balaban J connectivity index is 1.74. The highest BCUT2D eigenvalue weighted by Gasteiger charge is 2.08.